The molecule has 4 nitrogen and oxygen atoms in total. The third-order valence-corrected chi connectivity index (χ3v) is 5.93. The zero-order valence-corrected chi connectivity index (χ0v) is 16.7. The fourth-order valence-electron chi connectivity index (χ4n) is 4.42. The Bertz CT molecular complexity index is 1220. The first kappa shape index (κ1) is 18.6. The van der Waals surface area contributed by atoms with E-state index >= 15 is 0 Å². The molecule has 1 aliphatic rings. The second kappa shape index (κ2) is 7.41. The summed E-state index contributed by atoms with van der Waals surface area (Å²) in [7, 11) is 0. The number of para-hydroxylation sites is 3. The van der Waals surface area contributed by atoms with E-state index in [9.17, 15) is 9.18 Å². The molecule has 0 spiro atoms. The zero-order chi connectivity index (χ0) is 20.7. The lowest BCUT2D eigenvalue weighted by Gasteiger charge is -2.21. The van der Waals surface area contributed by atoms with Crippen LogP contribution in [-0.2, 0) is 4.79 Å². The predicted molar refractivity (Wildman–Crippen MR) is 116 cm³/mol. The van der Waals surface area contributed by atoms with Crippen LogP contribution < -0.4 is 4.90 Å². The molecule has 2 atom stereocenters. The molecule has 1 saturated heterocycles. The lowest BCUT2D eigenvalue weighted by molar-refractivity contribution is -0.117. The van der Waals surface area contributed by atoms with Crippen LogP contribution in [-0.4, -0.2) is 22.0 Å². The third kappa shape index (κ3) is 3.07. The first-order valence-corrected chi connectivity index (χ1v) is 10.2. The summed E-state index contributed by atoms with van der Waals surface area (Å²) in [4.78, 5) is 19.3. The Hall–Kier alpha value is -3.47. The fraction of sp³-hybridized carbons (Fsp3) is 0.200. The van der Waals surface area contributed by atoms with Gasteiger partial charge in [0.2, 0.25) is 5.91 Å². The van der Waals surface area contributed by atoms with Crippen molar-refractivity contribution in [3.05, 3.63) is 96.1 Å². The highest BCUT2D eigenvalue weighted by Gasteiger charge is 2.36. The molecule has 2 heterocycles. The molecular weight excluding hydrogens is 377 g/mol. The number of halogens is 1. The smallest absolute Gasteiger partial charge is 0.227 e. The lowest BCUT2D eigenvalue weighted by Crippen LogP contribution is -2.25. The molecule has 1 aliphatic heterocycles. The number of hydrogen-bond donors (Lipinski definition) is 0. The molecule has 5 heteroatoms. The number of amides is 1. The van der Waals surface area contributed by atoms with Crippen molar-refractivity contribution in [3.63, 3.8) is 0 Å². The molecule has 0 radical (unpaired) electrons. The van der Waals surface area contributed by atoms with E-state index in [1.165, 1.54) is 11.6 Å². The Labute approximate surface area is 174 Å². The van der Waals surface area contributed by atoms with Gasteiger partial charge < -0.3 is 9.47 Å². The molecule has 3 aromatic carbocycles. The van der Waals surface area contributed by atoms with Crippen molar-refractivity contribution in [2.24, 2.45) is 0 Å². The summed E-state index contributed by atoms with van der Waals surface area (Å²) in [6.07, 6.45) is 0.319. The highest BCUT2D eigenvalue weighted by molar-refractivity contribution is 5.96. The summed E-state index contributed by atoms with van der Waals surface area (Å²) in [6.45, 7) is 2.57. The first-order chi connectivity index (χ1) is 14.6. The van der Waals surface area contributed by atoms with E-state index in [-0.39, 0.29) is 23.7 Å². The number of anilines is 1. The van der Waals surface area contributed by atoms with Gasteiger partial charge in [0, 0.05) is 18.9 Å². The monoisotopic (exact) mass is 399 g/mol. The molecule has 30 heavy (non-hydrogen) atoms. The van der Waals surface area contributed by atoms with Crippen LogP contribution >= 0.6 is 0 Å². The van der Waals surface area contributed by atoms with Gasteiger partial charge in [0.1, 0.15) is 11.6 Å². The van der Waals surface area contributed by atoms with Crippen molar-refractivity contribution in [3.8, 4) is 0 Å². The van der Waals surface area contributed by atoms with Gasteiger partial charge in [-0.1, -0.05) is 54.6 Å². The van der Waals surface area contributed by atoms with Gasteiger partial charge in [-0.05, 0) is 36.8 Å². The van der Waals surface area contributed by atoms with E-state index in [2.05, 4.69) is 29.7 Å². The second-order valence-electron chi connectivity index (χ2n) is 7.77. The SMILES string of the molecule is C[C@@H](c1ccccc1)n1c([C@H]2CC(=O)N(c3ccccc3F)C2)nc2ccccc21. The van der Waals surface area contributed by atoms with E-state index in [0.717, 1.165) is 16.9 Å². The van der Waals surface area contributed by atoms with Crippen LogP contribution in [0, 0.1) is 5.82 Å². The number of carbonyl (C=O) groups is 1. The molecule has 5 rings (SSSR count). The van der Waals surface area contributed by atoms with Crippen molar-refractivity contribution in [2.45, 2.75) is 25.3 Å². The van der Waals surface area contributed by atoms with E-state index in [0.29, 0.717) is 18.7 Å². The normalized spacial score (nSPS) is 17.6. The van der Waals surface area contributed by atoms with E-state index in [1.54, 1.807) is 23.1 Å². The molecule has 0 saturated carbocycles. The van der Waals surface area contributed by atoms with E-state index in [4.69, 9.17) is 4.98 Å². The van der Waals surface area contributed by atoms with Gasteiger partial charge in [0.05, 0.1) is 22.8 Å². The minimum absolute atomic E-state index is 0.0613. The number of imidazole rings is 1. The standard InChI is InChI=1S/C25H22FN3O/c1-17(18-9-3-2-4-10-18)29-23-14-8-6-12-21(23)27-25(29)19-15-24(30)28(16-19)22-13-7-5-11-20(22)26/h2-14,17,19H,15-16H2,1H3/t17-,19-/m0/s1. The quantitative estimate of drug-likeness (QED) is 0.467. The molecule has 0 N–H and O–H groups in total. The third-order valence-electron chi connectivity index (χ3n) is 5.93. The van der Waals surface area contributed by atoms with Crippen molar-refractivity contribution in [1.82, 2.24) is 9.55 Å². The average Bonchev–Trinajstić information content (AvgIpc) is 3.35. The topological polar surface area (TPSA) is 38.1 Å². The number of fused-ring (bicyclic) bond motifs is 1. The number of rotatable bonds is 4. The number of nitrogens with zero attached hydrogens (tertiary/aromatic N) is 3. The second-order valence-corrected chi connectivity index (χ2v) is 7.77. The number of benzene rings is 3. The molecule has 0 aliphatic carbocycles. The Morgan fingerprint density at radius 2 is 1.67 bits per heavy atom. The molecule has 150 valence electrons. The van der Waals surface area contributed by atoms with Crippen molar-refractivity contribution < 1.29 is 9.18 Å². The minimum Gasteiger partial charge on any atom is -0.320 e. The maximum absolute atomic E-state index is 14.3. The summed E-state index contributed by atoms with van der Waals surface area (Å²) < 4.78 is 16.6. The van der Waals surface area contributed by atoms with Crippen molar-refractivity contribution in [1.29, 1.82) is 0 Å². The Balaban J connectivity index is 1.58. The number of aromatic nitrogens is 2. The van der Waals surface area contributed by atoms with Crippen LogP contribution in [0.4, 0.5) is 10.1 Å². The minimum atomic E-state index is -0.377. The van der Waals surface area contributed by atoms with Gasteiger partial charge in [-0.2, -0.15) is 0 Å². The van der Waals surface area contributed by atoms with Crippen LogP contribution in [0.15, 0.2) is 78.9 Å². The molecule has 0 unspecified atom stereocenters. The molecule has 1 aromatic heterocycles. The highest BCUT2D eigenvalue weighted by atomic mass is 19.1. The van der Waals surface area contributed by atoms with Gasteiger partial charge in [-0.25, -0.2) is 9.37 Å². The van der Waals surface area contributed by atoms with Gasteiger partial charge in [-0.3, -0.25) is 4.79 Å². The predicted octanol–water partition coefficient (Wildman–Crippen LogP) is 5.31. The van der Waals surface area contributed by atoms with Crippen molar-refractivity contribution >= 4 is 22.6 Å². The number of hydrogen-bond acceptors (Lipinski definition) is 2. The highest BCUT2D eigenvalue weighted by Crippen LogP contribution is 2.36. The Morgan fingerprint density at radius 3 is 2.47 bits per heavy atom. The van der Waals surface area contributed by atoms with Crippen LogP contribution in [0.2, 0.25) is 0 Å². The Kier molecular flexibility index (Phi) is 4.58. The summed E-state index contributed by atoms with van der Waals surface area (Å²) in [6, 6.07) is 24.8. The lowest BCUT2D eigenvalue weighted by atomic mass is 10.0. The van der Waals surface area contributed by atoms with Crippen LogP contribution in [0.5, 0.6) is 0 Å². The largest absolute Gasteiger partial charge is 0.320 e. The molecule has 4 aromatic rings. The Morgan fingerprint density at radius 1 is 0.967 bits per heavy atom. The van der Waals surface area contributed by atoms with Gasteiger partial charge >= 0.3 is 0 Å². The summed E-state index contributed by atoms with van der Waals surface area (Å²) in [5.74, 6) is 0.323. The van der Waals surface area contributed by atoms with E-state index < -0.39 is 0 Å². The maximum atomic E-state index is 14.3. The molecule has 1 amide bonds. The van der Waals surface area contributed by atoms with Crippen LogP contribution in [0.25, 0.3) is 11.0 Å². The van der Waals surface area contributed by atoms with Gasteiger partial charge in [0.25, 0.3) is 0 Å². The van der Waals surface area contributed by atoms with Gasteiger partial charge in [-0.15, -0.1) is 0 Å². The molecule has 1 fully saturated rings. The molecular formula is C25H22FN3O. The zero-order valence-electron chi connectivity index (χ0n) is 16.7. The average molecular weight is 399 g/mol. The van der Waals surface area contributed by atoms with Crippen LogP contribution in [0.3, 0.4) is 0 Å². The first-order valence-electron chi connectivity index (χ1n) is 10.2. The fourth-order valence-corrected chi connectivity index (χ4v) is 4.42. The maximum Gasteiger partial charge on any atom is 0.227 e. The summed E-state index contributed by atoms with van der Waals surface area (Å²) in [5.41, 5.74) is 3.47. The summed E-state index contributed by atoms with van der Waals surface area (Å²) >= 11 is 0. The van der Waals surface area contributed by atoms with Gasteiger partial charge in [0.15, 0.2) is 0 Å². The van der Waals surface area contributed by atoms with Crippen LogP contribution in [0.1, 0.15) is 36.7 Å². The summed E-state index contributed by atoms with van der Waals surface area (Å²) in [5, 5.41) is 0. The molecule has 0 bridgehead atoms. The van der Waals surface area contributed by atoms with E-state index in [1.807, 2.05) is 36.4 Å². The number of carbonyl (C=O) groups excluding carboxylic acids is 1. The van der Waals surface area contributed by atoms with Crippen molar-refractivity contribution in [2.75, 3.05) is 11.4 Å².